The molecule has 0 aliphatic heterocycles. The number of rotatable bonds is 0. The molecule has 2 nitrogen and oxygen atoms in total. The number of aromatic nitrogens is 2. The summed E-state index contributed by atoms with van der Waals surface area (Å²) in [5, 5.41) is 3.54. The smallest absolute Gasteiger partial charge is 0.0908 e. The summed E-state index contributed by atoms with van der Waals surface area (Å²) in [5.74, 6) is 0. The summed E-state index contributed by atoms with van der Waals surface area (Å²) in [5.41, 5.74) is 1.08. The quantitative estimate of drug-likeness (QED) is 0.557. The van der Waals surface area contributed by atoms with Gasteiger partial charge in [-0.15, -0.1) is 11.3 Å². The molecule has 0 saturated heterocycles. The van der Waals surface area contributed by atoms with Gasteiger partial charge in [0.2, 0.25) is 0 Å². The Balaban J connectivity index is 2.60. The van der Waals surface area contributed by atoms with Crippen LogP contribution in [0.1, 0.15) is 5.01 Å². The second-order valence-corrected chi connectivity index (χ2v) is 4.45. The molecule has 0 aliphatic carbocycles. The van der Waals surface area contributed by atoms with E-state index in [2.05, 4.69) is 22.1 Å². The molecule has 3 rings (SSSR count). The third-order valence-electron chi connectivity index (χ3n) is 2.28. The Bertz CT molecular complexity index is 613. The van der Waals surface area contributed by atoms with Crippen molar-refractivity contribution in [2.45, 2.75) is 6.92 Å². The van der Waals surface area contributed by atoms with Gasteiger partial charge < -0.3 is 0 Å². The molecule has 0 fully saturated rings. The molecule has 68 valence electrons. The highest BCUT2D eigenvalue weighted by Crippen LogP contribution is 2.28. The standard InChI is InChI=1S/C11H8N2S/c1-7-13-10-3-2-8-4-5-12-6-9(8)11(10)14-7/h2-6H,1H3. The predicted molar refractivity (Wildman–Crippen MR) is 59.7 cm³/mol. The van der Waals surface area contributed by atoms with Gasteiger partial charge in [-0.25, -0.2) is 4.98 Å². The van der Waals surface area contributed by atoms with E-state index in [9.17, 15) is 0 Å². The van der Waals surface area contributed by atoms with Crippen LogP contribution in [0.4, 0.5) is 0 Å². The molecule has 14 heavy (non-hydrogen) atoms. The Hall–Kier alpha value is -1.48. The van der Waals surface area contributed by atoms with E-state index < -0.39 is 0 Å². The van der Waals surface area contributed by atoms with E-state index in [0.29, 0.717) is 0 Å². The SMILES string of the molecule is Cc1nc2ccc3ccncc3c2s1. The van der Waals surface area contributed by atoms with E-state index in [1.807, 2.05) is 25.4 Å². The molecule has 0 atom stereocenters. The third kappa shape index (κ3) is 1.02. The number of hydrogen-bond donors (Lipinski definition) is 0. The lowest BCUT2D eigenvalue weighted by molar-refractivity contribution is 1.34. The topological polar surface area (TPSA) is 25.8 Å². The number of thiazole rings is 1. The molecular formula is C11H8N2S. The van der Waals surface area contributed by atoms with Crippen molar-refractivity contribution in [2.75, 3.05) is 0 Å². The lowest BCUT2D eigenvalue weighted by Gasteiger charge is -1.95. The van der Waals surface area contributed by atoms with E-state index in [1.54, 1.807) is 11.3 Å². The van der Waals surface area contributed by atoms with Gasteiger partial charge in [-0.3, -0.25) is 4.98 Å². The molecule has 1 aromatic carbocycles. The second kappa shape index (κ2) is 2.75. The highest BCUT2D eigenvalue weighted by atomic mass is 32.1. The van der Waals surface area contributed by atoms with Crippen molar-refractivity contribution in [3.05, 3.63) is 35.6 Å². The van der Waals surface area contributed by atoms with Crippen LogP contribution >= 0.6 is 11.3 Å². The monoisotopic (exact) mass is 200 g/mol. The Labute approximate surface area is 85.2 Å². The van der Waals surface area contributed by atoms with E-state index >= 15 is 0 Å². The highest BCUT2D eigenvalue weighted by molar-refractivity contribution is 7.19. The Morgan fingerprint density at radius 3 is 3.07 bits per heavy atom. The summed E-state index contributed by atoms with van der Waals surface area (Å²) < 4.78 is 1.24. The molecule has 0 aliphatic rings. The van der Waals surface area contributed by atoms with Crippen molar-refractivity contribution in [3.63, 3.8) is 0 Å². The molecule has 0 amide bonds. The maximum Gasteiger partial charge on any atom is 0.0908 e. The molecule has 0 bridgehead atoms. The van der Waals surface area contributed by atoms with Crippen LogP contribution in [0.5, 0.6) is 0 Å². The minimum absolute atomic E-state index is 1.08. The van der Waals surface area contributed by atoms with E-state index in [0.717, 1.165) is 10.5 Å². The molecule has 0 spiro atoms. The molecule has 0 saturated carbocycles. The normalized spacial score (nSPS) is 11.2. The summed E-state index contributed by atoms with van der Waals surface area (Å²) in [6.45, 7) is 2.03. The van der Waals surface area contributed by atoms with Gasteiger partial charge in [-0.2, -0.15) is 0 Å². The minimum Gasteiger partial charge on any atom is -0.264 e. The van der Waals surface area contributed by atoms with Gasteiger partial charge >= 0.3 is 0 Å². The first-order valence-corrected chi connectivity index (χ1v) is 5.26. The Morgan fingerprint density at radius 1 is 1.21 bits per heavy atom. The predicted octanol–water partition coefficient (Wildman–Crippen LogP) is 3.15. The van der Waals surface area contributed by atoms with Crippen LogP contribution in [-0.4, -0.2) is 9.97 Å². The van der Waals surface area contributed by atoms with Crippen LogP contribution in [-0.2, 0) is 0 Å². The lowest BCUT2D eigenvalue weighted by Crippen LogP contribution is -1.75. The molecule has 0 unspecified atom stereocenters. The number of aryl methyl sites for hydroxylation is 1. The van der Waals surface area contributed by atoms with Gasteiger partial charge in [0, 0.05) is 17.8 Å². The number of fused-ring (bicyclic) bond motifs is 3. The summed E-state index contributed by atoms with van der Waals surface area (Å²) in [4.78, 5) is 8.61. The fourth-order valence-corrected chi connectivity index (χ4v) is 2.60. The molecule has 2 aromatic heterocycles. The first-order chi connectivity index (χ1) is 6.84. The van der Waals surface area contributed by atoms with Gasteiger partial charge in [0.25, 0.3) is 0 Å². The second-order valence-electron chi connectivity index (χ2n) is 3.24. The van der Waals surface area contributed by atoms with Crippen molar-refractivity contribution in [1.82, 2.24) is 9.97 Å². The Kier molecular flexibility index (Phi) is 1.55. The maximum absolute atomic E-state index is 4.45. The first-order valence-electron chi connectivity index (χ1n) is 4.44. The van der Waals surface area contributed by atoms with Crippen LogP contribution in [0.25, 0.3) is 21.0 Å². The zero-order chi connectivity index (χ0) is 9.54. The van der Waals surface area contributed by atoms with Crippen LogP contribution in [0, 0.1) is 6.92 Å². The maximum atomic E-state index is 4.45. The van der Waals surface area contributed by atoms with Crippen LogP contribution in [0.3, 0.4) is 0 Å². The number of nitrogens with zero attached hydrogens (tertiary/aromatic N) is 2. The van der Waals surface area contributed by atoms with Crippen molar-refractivity contribution in [3.8, 4) is 0 Å². The van der Waals surface area contributed by atoms with Gasteiger partial charge in [0.15, 0.2) is 0 Å². The average Bonchev–Trinajstić information content (AvgIpc) is 2.59. The van der Waals surface area contributed by atoms with Crippen LogP contribution in [0.15, 0.2) is 30.6 Å². The number of pyridine rings is 1. The zero-order valence-electron chi connectivity index (χ0n) is 7.69. The Morgan fingerprint density at radius 2 is 2.14 bits per heavy atom. The fraction of sp³-hybridized carbons (Fsp3) is 0.0909. The largest absolute Gasteiger partial charge is 0.264 e. The van der Waals surface area contributed by atoms with Crippen LogP contribution in [0.2, 0.25) is 0 Å². The van der Waals surface area contributed by atoms with Crippen molar-refractivity contribution < 1.29 is 0 Å². The third-order valence-corrected chi connectivity index (χ3v) is 3.30. The van der Waals surface area contributed by atoms with Crippen molar-refractivity contribution in [2.24, 2.45) is 0 Å². The molecule has 2 heterocycles. The van der Waals surface area contributed by atoms with Crippen molar-refractivity contribution >= 4 is 32.3 Å². The molecular weight excluding hydrogens is 192 g/mol. The van der Waals surface area contributed by atoms with Crippen LogP contribution < -0.4 is 0 Å². The van der Waals surface area contributed by atoms with Gasteiger partial charge in [0.1, 0.15) is 0 Å². The number of hydrogen-bond acceptors (Lipinski definition) is 3. The highest BCUT2D eigenvalue weighted by Gasteiger charge is 2.04. The van der Waals surface area contributed by atoms with Gasteiger partial charge in [-0.05, 0) is 24.4 Å². The lowest BCUT2D eigenvalue weighted by atomic mass is 10.2. The zero-order valence-corrected chi connectivity index (χ0v) is 8.51. The molecule has 3 heteroatoms. The molecule has 0 radical (unpaired) electrons. The number of benzene rings is 1. The van der Waals surface area contributed by atoms with Gasteiger partial charge in [-0.1, -0.05) is 6.07 Å². The summed E-state index contributed by atoms with van der Waals surface area (Å²) in [7, 11) is 0. The van der Waals surface area contributed by atoms with E-state index in [4.69, 9.17) is 0 Å². The van der Waals surface area contributed by atoms with Gasteiger partial charge in [0.05, 0.1) is 15.2 Å². The first kappa shape index (κ1) is 7.88. The average molecular weight is 200 g/mol. The molecule has 0 N–H and O–H groups in total. The van der Waals surface area contributed by atoms with Crippen molar-refractivity contribution in [1.29, 1.82) is 0 Å². The summed E-state index contributed by atoms with van der Waals surface area (Å²) in [6, 6.07) is 6.20. The summed E-state index contributed by atoms with van der Waals surface area (Å²) in [6.07, 6.45) is 3.73. The van der Waals surface area contributed by atoms with E-state index in [-0.39, 0.29) is 0 Å². The summed E-state index contributed by atoms with van der Waals surface area (Å²) >= 11 is 1.73. The molecule has 3 aromatic rings. The van der Waals surface area contributed by atoms with E-state index in [1.165, 1.54) is 15.5 Å². The minimum atomic E-state index is 1.08. The fourth-order valence-electron chi connectivity index (χ4n) is 1.66.